The van der Waals surface area contributed by atoms with Crippen molar-refractivity contribution in [2.45, 2.75) is 18.4 Å². The number of nitrogens with one attached hydrogen (secondary N) is 2. The van der Waals surface area contributed by atoms with Crippen LogP contribution in [0, 0.1) is 0 Å². The standard InChI is InChI=1S/C18H19N5OS/c24-16(18(7-10-19-11-8-18)23-12-4-9-20-23)22-17-21-15(13-25-17)14-5-2-1-3-6-14/h1-6,9,12-13,19H,7-8,10-11H2,(H,21,22,24). The van der Waals surface area contributed by atoms with E-state index in [9.17, 15) is 4.79 Å². The van der Waals surface area contributed by atoms with Crippen molar-refractivity contribution in [3.63, 3.8) is 0 Å². The summed E-state index contributed by atoms with van der Waals surface area (Å²) in [6.45, 7) is 1.58. The van der Waals surface area contributed by atoms with Gasteiger partial charge in [0.1, 0.15) is 5.54 Å². The van der Waals surface area contributed by atoms with Crippen molar-refractivity contribution < 1.29 is 4.79 Å². The predicted octanol–water partition coefficient (Wildman–Crippen LogP) is 2.72. The summed E-state index contributed by atoms with van der Waals surface area (Å²) in [5, 5.41) is 13.2. The average molecular weight is 353 g/mol. The number of thiazole rings is 1. The molecule has 0 radical (unpaired) electrons. The molecule has 0 bridgehead atoms. The van der Waals surface area contributed by atoms with Crippen molar-refractivity contribution >= 4 is 22.4 Å². The number of nitrogens with zero attached hydrogens (tertiary/aromatic N) is 3. The van der Waals surface area contributed by atoms with Crippen LogP contribution in [0.5, 0.6) is 0 Å². The molecule has 1 aromatic carbocycles. The summed E-state index contributed by atoms with van der Waals surface area (Å²) >= 11 is 1.44. The van der Waals surface area contributed by atoms with Crippen LogP contribution in [0.25, 0.3) is 11.3 Å². The van der Waals surface area contributed by atoms with Gasteiger partial charge in [0, 0.05) is 23.3 Å². The molecule has 7 heteroatoms. The number of amides is 1. The zero-order valence-corrected chi connectivity index (χ0v) is 14.5. The van der Waals surface area contributed by atoms with Crippen molar-refractivity contribution in [1.82, 2.24) is 20.1 Å². The summed E-state index contributed by atoms with van der Waals surface area (Å²) in [6.07, 6.45) is 4.99. The number of rotatable bonds is 4. The number of hydrogen-bond donors (Lipinski definition) is 2. The maximum Gasteiger partial charge on any atom is 0.254 e. The topological polar surface area (TPSA) is 71.8 Å². The quantitative estimate of drug-likeness (QED) is 0.756. The van der Waals surface area contributed by atoms with Gasteiger partial charge in [-0.1, -0.05) is 30.3 Å². The van der Waals surface area contributed by atoms with E-state index in [0.717, 1.165) is 24.3 Å². The highest BCUT2D eigenvalue weighted by atomic mass is 32.1. The third kappa shape index (κ3) is 3.08. The molecule has 2 aromatic heterocycles. The Balaban J connectivity index is 1.57. The Bertz CT molecular complexity index is 838. The highest BCUT2D eigenvalue weighted by molar-refractivity contribution is 7.14. The molecule has 0 unspecified atom stereocenters. The van der Waals surface area contributed by atoms with Gasteiger partial charge in [-0.05, 0) is 32.0 Å². The summed E-state index contributed by atoms with van der Waals surface area (Å²) in [5.74, 6) is -0.0494. The normalized spacial score (nSPS) is 16.5. The van der Waals surface area contributed by atoms with Gasteiger partial charge in [0.2, 0.25) is 0 Å². The van der Waals surface area contributed by atoms with Gasteiger partial charge < -0.3 is 5.32 Å². The van der Waals surface area contributed by atoms with Crippen molar-refractivity contribution in [3.8, 4) is 11.3 Å². The van der Waals surface area contributed by atoms with E-state index in [4.69, 9.17) is 0 Å². The summed E-state index contributed by atoms with van der Waals surface area (Å²) in [7, 11) is 0. The first-order valence-electron chi connectivity index (χ1n) is 8.31. The zero-order valence-electron chi connectivity index (χ0n) is 13.7. The molecule has 0 spiro atoms. The fraction of sp³-hybridized carbons (Fsp3) is 0.278. The van der Waals surface area contributed by atoms with Crippen LogP contribution in [0.2, 0.25) is 0 Å². The Labute approximate surface area is 149 Å². The van der Waals surface area contributed by atoms with E-state index in [1.807, 2.05) is 48.0 Å². The molecule has 25 heavy (non-hydrogen) atoms. The minimum absolute atomic E-state index is 0.0494. The molecule has 6 nitrogen and oxygen atoms in total. The Kier molecular flexibility index (Phi) is 4.33. The molecule has 3 heterocycles. The third-order valence-electron chi connectivity index (χ3n) is 4.59. The molecule has 0 atom stereocenters. The van der Waals surface area contributed by atoms with Gasteiger partial charge in [0.15, 0.2) is 5.13 Å². The fourth-order valence-electron chi connectivity index (χ4n) is 3.21. The largest absolute Gasteiger partial charge is 0.317 e. The Hall–Kier alpha value is -2.51. The number of carbonyl (C=O) groups excluding carboxylic acids is 1. The Morgan fingerprint density at radius 2 is 2.00 bits per heavy atom. The molecule has 2 N–H and O–H groups in total. The van der Waals surface area contributed by atoms with Crippen LogP contribution in [0.15, 0.2) is 54.2 Å². The van der Waals surface area contributed by atoms with Crippen molar-refractivity contribution in [1.29, 1.82) is 0 Å². The molecule has 1 fully saturated rings. The van der Waals surface area contributed by atoms with Crippen molar-refractivity contribution in [3.05, 3.63) is 54.2 Å². The minimum atomic E-state index is -0.659. The van der Waals surface area contributed by atoms with E-state index in [2.05, 4.69) is 20.7 Å². The Morgan fingerprint density at radius 1 is 1.20 bits per heavy atom. The lowest BCUT2D eigenvalue weighted by atomic mass is 9.87. The first-order chi connectivity index (χ1) is 12.3. The lowest BCUT2D eigenvalue weighted by molar-refractivity contribution is -0.126. The molecule has 1 saturated heterocycles. The summed E-state index contributed by atoms with van der Waals surface area (Å²) in [6, 6.07) is 11.8. The van der Waals surface area contributed by atoms with Gasteiger partial charge >= 0.3 is 0 Å². The van der Waals surface area contributed by atoms with Crippen LogP contribution in [0.3, 0.4) is 0 Å². The third-order valence-corrected chi connectivity index (χ3v) is 5.35. The molecule has 1 aliphatic rings. The van der Waals surface area contributed by atoms with Crippen LogP contribution in [0.4, 0.5) is 5.13 Å². The first kappa shape index (κ1) is 16.0. The number of carbonyl (C=O) groups is 1. The first-order valence-corrected chi connectivity index (χ1v) is 9.19. The van der Waals surface area contributed by atoms with Crippen molar-refractivity contribution in [2.75, 3.05) is 18.4 Å². The van der Waals surface area contributed by atoms with E-state index in [-0.39, 0.29) is 5.91 Å². The van der Waals surface area contributed by atoms with Crippen molar-refractivity contribution in [2.24, 2.45) is 0 Å². The lowest BCUT2D eigenvalue weighted by Gasteiger charge is -2.36. The molecule has 1 aliphatic heterocycles. The van der Waals surface area contributed by atoms with E-state index in [0.29, 0.717) is 18.0 Å². The second-order valence-corrected chi connectivity index (χ2v) is 6.95. The number of aromatic nitrogens is 3. The number of piperidine rings is 1. The number of hydrogen-bond acceptors (Lipinski definition) is 5. The van der Waals surface area contributed by atoms with Gasteiger partial charge in [-0.2, -0.15) is 5.10 Å². The van der Waals surface area contributed by atoms with Gasteiger partial charge in [0.25, 0.3) is 5.91 Å². The van der Waals surface area contributed by atoms with Gasteiger partial charge in [-0.25, -0.2) is 4.98 Å². The summed E-state index contributed by atoms with van der Waals surface area (Å²) in [4.78, 5) is 17.7. The smallest absolute Gasteiger partial charge is 0.254 e. The number of benzene rings is 1. The van der Waals surface area contributed by atoms with E-state index >= 15 is 0 Å². The van der Waals surface area contributed by atoms with Gasteiger partial charge in [-0.3, -0.25) is 14.8 Å². The van der Waals surface area contributed by atoms with Gasteiger partial charge in [-0.15, -0.1) is 11.3 Å². The monoisotopic (exact) mass is 353 g/mol. The van der Waals surface area contributed by atoms with Crippen LogP contribution in [0.1, 0.15) is 12.8 Å². The second kappa shape index (κ2) is 6.78. The van der Waals surface area contributed by atoms with Gasteiger partial charge in [0.05, 0.1) is 5.69 Å². The molecule has 128 valence electrons. The molecule has 1 amide bonds. The lowest BCUT2D eigenvalue weighted by Crippen LogP contribution is -2.52. The van der Waals surface area contributed by atoms with Crippen LogP contribution in [-0.4, -0.2) is 33.8 Å². The summed E-state index contributed by atoms with van der Waals surface area (Å²) in [5.41, 5.74) is 1.26. The second-order valence-electron chi connectivity index (χ2n) is 6.09. The van der Waals surface area contributed by atoms with E-state index in [1.165, 1.54) is 11.3 Å². The SMILES string of the molecule is O=C(Nc1nc(-c2ccccc2)cs1)C1(n2cccn2)CCNCC1. The molecule has 4 rings (SSSR count). The highest BCUT2D eigenvalue weighted by Crippen LogP contribution is 2.30. The average Bonchev–Trinajstić information content (AvgIpc) is 3.35. The zero-order chi connectivity index (χ0) is 17.1. The van der Waals surface area contributed by atoms with Crippen LogP contribution < -0.4 is 10.6 Å². The summed E-state index contributed by atoms with van der Waals surface area (Å²) < 4.78 is 1.79. The Morgan fingerprint density at radius 3 is 2.72 bits per heavy atom. The number of anilines is 1. The van der Waals surface area contributed by atoms with E-state index < -0.39 is 5.54 Å². The molecule has 3 aromatic rings. The van der Waals surface area contributed by atoms with Crippen LogP contribution in [-0.2, 0) is 10.3 Å². The highest BCUT2D eigenvalue weighted by Gasteiger charge is 2.42. The maximum absolute atomic E-state index is 13.1. The molecular formula is C18H19N5OS. The molecule has 0 saturated carbocycles. The molecule has 0 aliphatic carbocycles. The van der Waals surface area contributed by atoms with E-state index in [1.54, 1.807) is 10.9 Å². The minimum Gasteiger partial charge on any atom is -0.317 e. The maximum atomic E-state index is 13.1. The van der Waals surface area contributed by atoms with Crippen LogP contribution >= 0.6 is 11.3 Å². The fourth-order valence-corrected chi connectivity index (χ4v) is 3.92. The predicted molar refractivity (Wildman–Crippen MR) is 98.5 cm³/mol. The molecular weight excluding hydrogens is 334 g/mol.